The van der Waals surface area contributed by atoms with Crippen molar-refractivity contribution in [2.75, 3.05) is 19.0 Å². The molecule has 2 N–H and O–H groups in total. The molecule has 2 aromatic carbocycles. The predicted octanol–water partition coefficient (Wildman–Crippen LogP) is 3.08. The summed E-state index contributed by atoms with van der Waals surface area (Å²) in [5.41, 5.74) is -0.380. The van der Waals surface area contributed by atoms with Crippen molar-refractivity contribution in [2.45, 2.75) is 6.18 Å². The van der Waals surface area contributed by atoms with E-state index in [4.69, 9.17) is 4.74 Å². The molecule has 0 saturated carbocycles. The highest BCUT2D eigenvalue weighted by molar-refractivity contribution is 5.99. The minimum atomic E-state index is -4.47. The van der Waals surface area contributed by atoms with Gasteiger partial charge in [-0.15, -0.1) is 0 Å². The van der Waals surface area contributed by atoms with Crippen LogP contribution in [0, 0.1) is 0 Å². The SMILES string of the molecule is COc1ccccc1NC(=O)CNC(=O)c1ccc(C(F)(F)F)cc1. The zero-order valence-corrected chi connectivity index (χ0v) is 13.2. The fourth-order valence-corrected chi connectivity index (χ4v) is 2.02. The van der Waals surface area contributed by atoms with Crippen molar-refractivity contribution in [1.29, 1.82) is 0 Å². The van der Waals surface area contributed by atoms with Crippen LogP contribution in [0.4, 0.5) is 18.9 Å². The van der Waals surface area contributed by atoms with Crippen molar-refractivity contribution in [3.05, 3.63) is 59.7 Å². The van der Waals surface area contributed by atoms with Crippen LogP contribution in [-0.2, 0) is 11.0 Å². The van der Waals surface area contributed by atoms with E-state index >= 15 is 0 Å². The maximum atomic E-state index is 12.5. The Kier molecular flexibility index (Phi) is 5.63. The van der Waals surface area contributed by atoms with Gasteiger partial charge in [0.25, 0.3) is 5.91 Å². The Balaban J connectivity index is 1.92. The second kappa shape index (κ2) is 7.69. The molecule has 8 heteroatoms. The number of anilines is 1. The lowest BCUT2D eigenvalue weighted by atomic mass is 10.1. The predicted molar refractivity (Wildman–Crippen MR) is 85.4 cm³/mol. The van der Waals surface area contributed by atoms with Gasteiger partial charge < -0.3 is 15.4 Å². The van der Waals surface area contributed by atoms with Gasteiger partial charge in [0.2, 0.25) is 5.91 Å². The summed E-state index contributed by atoms with van der Waals surface area (Å²) in [6.07, 6.45) is -4.47. The maximum Gasteiger partial charge on any atom is 0.416 e. The Morgan fingerprint density at radius 2 is 1.68 bits per heavy atom. The number of carbonyl (C=O) groups is 2. The number of hydrogen-bond acceptors (Lipinski definition) is 3. The molecule has 0 saturated heterocycles. The van der Waals surface area contributed by atoms with E-state index in [-0.39, 0.29) is 12.1 Å². The zero-order chi connectivity index (χ0) is 18.4. The van der Waals surface area contributed by atoms with Crippen LogP contribution in [0.25, 0.3) is 0 Å². The van der Waals surface area contributed by atoms with Gasteiger partial charge in [-0.3, -0.25) is 9.59 Å². The number of halogens is 3. The molecule has 0 aliphatic carbocycles. The molecule has 5 nitrogen and oxygen atoms in total. The summed E-state index contributed by atoms with van der Waals surface area (Å²) in [5, 5.41) is 4.91. The van der Waals surface area contributed by atoms with Crippen LogP contribution in [0.15, 0.2) is 48.5 Å². The van der Waals surface area contributed by atoms with Gasteiger partial charge in [-0.2, -0.15) is 13.2 Å². The lowest BCUT2D eigenvalue weighted by Gasteiger charge is -2.11. The Bertz CT molecular complexity index is 758. The Morgan fingerprint density at radius 3 is 2.28 bits per heavy atom. The van der Waals surface area contributed by atoms with Crippen LogP contribution in [0.1, 0.15) is 15.9 Å². The molecule has 2 rings (SSSR count). The van der Waals surface area contributed by atoms with Gasteiger partial charge in [0, 0.05) is 5.56 Å². The van der Waals surface area contributed by atoms with Gasteiger partial charge in [0.05, 0.1) is 24.9 Å². The van der Waals surface area contributed by atoms with Gasteiger partial charge in [-0.25, -0.2) is 0 Å². The minimum Gasteiger partial charge on any atom is -0.495 e. The summed E-state index contributed by atoms with van der Waals surface area (Å²) in [4.78, 5) is 23.8. The van der Waals surface area contributed by atoms with E-state index in [1.807, 2.05) is 0 Å². The molecule has 0 spiro atoms. The van der Waals surface area contributed by atoms with Gasteiger partial charge in [-0.05, 0) is 36.4 Å². The first-order chi connectivity index (χ1) is 11.8. The molecule has 25 heavy (non-hydrogen) atoms. The minimum absolute atomic E-state index is 0.0260. The van der Waals surface area contributed by atoms with E-state index in [1.165, 1.54) is 7.11 Å². The van der Waals surface area contributed by atoms with Crippen LogP contribution in [0.2, 0.25) is 0 Å². The van der Waals surface area contributed by atoms with Gasteiger partial charge in [-0.1, -0.05) is 12.1 Å². The number of carbonyl (C=O) groups excluding carboxylic acids is 2. The van der Waals surface area contributed by atoms with E-state index < -0.39 is 23.6 Å². The highest BCUT2D eigenvalue weighted by Crippen LogP contribution is 2.29. The molecule has 0 radical (unpaired) electrons. The molecule has 2 amide bonds. The topological polar surface area (TPSA) is 67.4 Å². The molecule has 0 atom stereocenters. The number of para-hydroxylation sites is 2. The van der Waals surface area contributed by atoms with Gasteiger partial charge >= 0.3 is 6.18 Å². The van der Waals surface area contributed by atoms with E-state index in [1.54, 1.807) is 24.3 Å². The largest absolute Gasteiger partial charge is 0.495 e. The van der Waals surface area contributed by atoms with Crippen LogP contribution >= 0.6 is 0 Å². The van der Waals surface area contributed by atoms with E-state index in [9.17, 15) is 22.8 Å². The molecule has 2 aromatic rings. The highest BCUT2D eigenvalue weighted by atomic mass is 19.4. The highest BCUT2D eigenvalue weighted by Gasteiger charge is 2.30. The number of amides is 2. The molecule has 0 fully saturated rings. The Morgan fingerprint density at radius 1 is 1.04 bits per heavy atom. The van der Waals surface area contributed by atoms with Crippen molar-refractivity contribution >= 4 is 17.5 Å². The van der Waals surface area contributed by atoms with Crippen molar-refractivity contribution in [1.82, 2.24) is 5.32 Å². The molecule has 0 aliphatic rings. The third kappa shape index (κ3) is 4.97. The summed E-state index contributed by atoms with van der Waals surface area (Å²) < 4.78 is 42.5. The van der Waals surface area contributed by atoms with E-state index in [0.29, 0.717) is 11.4 Å². The normalized spacial score (nSPS) is 10.9. The van der Waals surface area contributed by atoms with Crippen LogP contribution < -0.4 is 15.4 Å². The third-order valence-electron chi connectivity index (χ3n) is 3.26. The molecule has 0 heterocycles. The summed E-state index contributed by atoms with van der Waals surface area (Å²) >= 11 is 0. The molecule has 0 unspecified atom stereocenters. The average Bonchev–Trinajstić information content (AvgIpc) is 2.59. The van der Waals surface area contributed by atoms with Crippen molar-refractivity contribution < 1.29 is 27.5 Å². The van der Waals surface area contributed by atoms with Crippen LogP contribution in [-0.4, -0.2) is 25.5 Å². The Labute approximate surface area is 141 Å². The van der Waals surface area contributed by atoms with Crippen LogP contribution in [0.5, 0.6) is 5.75 Å². The molecule has 0 bridgehead atoms. The first kappa shape index (κ1) is 18.3. The number of methoxy groups -OCH3 is 1. The van der Waals surface area contributed by atoms with E-state index in [2.05, 4.69) is 10.6 Å². The number of alkyl halides is 3. The summed E-state index contributed by atoms with van der Waals surface area (Å²) in [6.45, 7) is -0.335. The molecule has 0 aromatic heterocycles. The number of ether oxygens (including phenoxy) is 1. The molecular formula is C17H15F3N2O3. The van der Waals surface area contributed by atoms with Crippen LogP contribution in [0.3, 0.4) is 0 Å². The smallest absolute Gasteiger partial charge is 0.416 e. The average molecular weight is 352 g/mol. The zero-order valence-electron chi connectivity index (χ0n) is 13.2. The number of nitrogens with one attached hydrogen (secondary N) is 2. The second-order valence-electron chi connectivity index (χ2n) is 5.01. The van der Waals surface area contributed by atoms with Crippen molar-refractivity contribution in [2.24, 2.45) is 0 Å². The second-order valence-corrected chi connectivity index (χ2v) is 5.01. The lowest BCUT2D eigenvalue weighted by molar-refractivity contribution is -0.137. The van der Waals surface area contributed by atoms with Gasteiger partial charge in [0.15, 0.2) is 0 Å². The quantitative estimate of drug-likeness (QED) is 0.869. The van der Waals surface area contributed by atoms with Crippen molar-refractivity contribution in [3.63, 3.8) is 0 Å². The number of rotatable bonds is 5. The Hall–Kier alpha value is -3.03. The number of benzene rings is 2. The summed E-state index contributed by atoms with van der Waals surface area (Å²) in [7, 11) is 1.46. The lowest BCUT2D eigenvalue weighted by Crippen LogP contribution is -2.32. The third-order valence-corrected chi connectivity index (χ3v) is 3.26. The van der Waals surface area contributed by atoms with E-state index in [0.717, 1.165) is 24.3 Å². The number of hydrogen-bond donors (Lipinski definition) is 2. The first-order valence-electron chi connectivity index (χ1n) is 7.19. The first-order valence-corrected chi connectivity index (χ1v) is 7.19. The maximum absolute atomic E-state index is 12.5. The van der Waals surface area contributed by atoms with Gasteiger partial charge in [0.1, 0.15) is 5.75 Å². The standard InChI is InChI=1S/C17H15F3N2O3/c1-25-14-5-3-2-4-13(14)22-15(23)10-21-16(24)11-6-8-12(9-7-11)17(18,19)20/h2-9H,10H2,1H3,(H,21,24)(H,22,23). The fourth-order valence-electron chi connectivity index (χ4n) is 2.02. The summed E-state index contributed by atoms with van der Waals surface area (Å²) in [6, 6.07) is 10.5. The monoisotopic (exact) mass is 352 g/mol. The van der Waals surface area contributed by atoms with Crippen molar-refractivity contribution in [3.8, 4) is 5.75 Å². The molecule has 0 aliphatic heterocycles. The summed E-state index contributed by atoms with van der Waals surface area (Å²) in [5.74, 6) is -0.682. The molecular weight excluding hydrogens is 337 g/mol. The molecule has 132 valence electrons. The fraction of sp³-hybridized carbons (Fsp3) is 0.176.